The summed E-state index contributed by atoms with van der Waals surface area (Å²) in [6.45, 7) is 0. The summed E-state index contributed by atoms with van der Waals surface area (Å²) in [5.74, 6) is -2.23. The van der Waals surface area contributed by atoms with Crippen molar-refractivity contribution in [2.24, 2.45) is 5.92 Å². The summed E-state index contributed by atoms with van der Waals surface area (Å²) in [7, 11) is 2.03. The van der Waals surface area contributed by atoms with E-state index in [0.717, 1.165) is 25.0 Å². The SMILES string of the molecule is CN1C2CCC1CC(C(=O)c1ccc(OC(F)(F)F)cc1F)C2. The van der Waals surface area contributed by atoms with E-state index < -0.39 is 17.9 Å². The van der Waals surface area contributed by atoms with Crippen molar-refractivity contribution >= 4 is 5.78 Å². The minimum atomic E-state index is -4.88. The molecule has 0 saturated carbocycles. The fourth-order valence-corrected chi connectivity index (χ4v) is 3.74. The molecule has 2 bridgehead atoms. The van der Waals surface area contributed by atoms with Crippen LogP contribution >= 0.6 is 0 Å². The first-order valence-electron chi connectivity index (χ1n) is 7.56. The quantitative estimate of drug-likeness (QED) is 0.624. The monoisotopic (exact) mass is 331 g/mol. The molecule has 2 fully saturated rings. The van der Waals surface area contributed by atoms with Gasteiger partial charge in [-0.15, -0.1) is 13.2 Å². The molecule has 3 rings (SSSR count). The summed E-state index contributed by atoms with van der Waals surface area (Å²) < 4.78 is 54.1. The van der Waals surface area contributed by atoms with Gasteiger partial charge in [0.2, 0.25) is 0 Å². The van der Waals surface area contributed by atoms with Crippen LogP contribution in [0.2, 0.25) is 0 Å². The Morgan fingerprint density at radius 2 is 1.83 bits per heavy atom. The second-order valence-corrected chi connectivity index (χ2v) is 6.27. The molecule has 126 valence electrons. The van der Waals surface area contributed by atoms with Crippen molar-refractivity contribution in [1.82, 2.24) is 4.90 Å². The topological polar surface area (TPSA) is 29.5 Å². The van der Waals surface area contributed by atoms with Gasteiger partial charge in [0.05, 0.1) is 5.56 Å². The van der Waals surface area contributed by atoms with Crippen LogP contribution < -0.4 is 4.74 Å². The third-order valence-corrected chi connectivity index (χ3v) is 4.91. The van der Waals surface area contributed by atoms with Crippen LogP contribution in [0.5, 0.6) is 5.75 Å². The van der Waals surface area contributed by atoms with Gasteiger partial charge in [-0.3, -0.25) is 4.79 Å². The van der Waals surface area contributed by atoms with Gasteiger partial charge in [0, 0.05) is 24.1 Å². The normalized spacial score (nSPS) is 28.0. The number of hydrogen-bond donors (Lipinski definition) is 0. The van der Waals surface area contributed by atoms with Gasteiger partial charge in [-0.2, -0.15) is 0 Å². The van der Waals surface area contributed by atoms with E-state index in [0.29, 0.717) is 31.0 Å². The van der Waals surface area contributed by atoms with Crippen molar-refractivity contribution in [2.45, 2.75) is 44.1 Å². The maximum Gasteiger partial charge on any atom is 0.573 e. The molecule has 0 aliphatic carbocycles. The van der Waals surface area contributed by atoms with E-state index in [9.17, 15) is 22.4 Å². The Morgan fingerprint density at radius 1 is 1.22 bits per heavy atom. The van der Waals surface area contributed by atoms with E-state index in [1.165, 1.54) is 0 Å². The fraction of sp³-hybridized carbons (Fsp3) is 0.562. The van der Waals surface area contributed by atoms with Gasteiger partial charge >= 0.3 is 6.36 Å². The van der Waals surface area contributed by atoms with Crippen LogP contribution in [0.1, 0.15) is 36.0 Å². The molecule has 7 heteroatoms. The summed E-state index contributed by atoms with van der Waals surface area (Å²) >= 11 is 0. The Balaban J connectivity index is 1.75. The summed E-state index contributed by atoms with van der Waals surface area (Å²) in [6, 6.07) is 3.34. The molecule has 2 aliphatic rings. The Labute approximate surface area is 131 Å². The lowest BCUT2D eigenvalue weighted by molar-refractivity contribution is -0.274. The molecule has 1 aromatic carbocycles. The average molecular weight is 331 g/mol. The first-order valence-corrected chi connectivity index (χ1v) is 7.56. The molecule has 0 aromatic heterocycles. The van der Waals surface area contributed by atoms with Crippen LogP contribution in [0.3, 0.4) is 0 Å². The van der Waals surface area contributed by atoms with Gasteiger partial charge in [-0.05, 0) is 44.9 Å². The number of carbonyl (C=O) groups excluding carboxylic acids is 1. The Bertz CT molecular complexity index is 603. The molecule has 2 aliphatic heterocycles. The van der Waals surface area contributed by atoms with Gasteiger partial charge in [-0.25, -0.2) is 4.39 Å². The van der Waals surface area contributed by atoms with Crippen LogP contribution in [0.15, 0.2) is 18.2 Å². The number of ether oxygens (including phenoxy) is 1. The van der Waals surface area contributed by atoms with Crippen molar-refractivity contribution in [3.8, 4) is 5.75 Å². The number of alkyl halides is 3. The number of nitrogens with zero attached hydrogens (tertiary/aromatic N) is 1. The molecule has 0 N–H and O–H groups in total. The average Bonchev–Trinajstić information content (AvgIpc) is 2.67. The van der Waals surface area contributed by atoms with E-state index in [4.69, 9.17) is 0 Å². The second-order valence-electron chi connectivity index (χ2n) is 6.27. The Hall–Kier alpha value is -1.63. The third-order valence-electron chi connectivity index (χ3n) is 4.91. The predicted octanol–water partition coefficient (Wildman–Crippen LogP) is 3.78. The Kier molecular flexibility index (Phi) is 4.08. The maximum atomic E-state index is 14.0. The Morgan fingerprint density at radius 3 is 2.35 bits per heavy atom. The molecule has 2 heterocycles. The number of piperidine rings is 1. The number of fused-ring (bicyclic) bond motifs is 2. The number of Topliss-reactive ketones (excluding diaryl/α,β-unsaturated/α-hetero) is 1. The highest BCUT2D eigenvalue weighted by molar-refractivity contribution is 5.98. The number of benzene rings is 1. The zero-order valence-electron chi connectivity index (χ0n) is 12.6. The lowest BCUT2D eigenvalue weighted by atomic mass is 9.85. The molecule has 3 nitrogen and oxygen atoms in total. The highest BCUT2D eigenvalue weighted by atomic mass is 19.4. The maximum absolute atomic E-state index is 14.0. The molecular formula is C16H17F4NO2. The molecule has 2 unspecified atom stereocenters. The van der Waals surface area contributed by atoms with Gasteiger partial charge in [-0.1, -0.05) is 0 Å². The van der Waals surface area contributed by atoms with Crippen molar-refractivity contribution in [2.75, 3.05) is 7.05 Å². The molecule has 2 saturated heterocycles. The standard InChI is InChI=1S/C16H17F4NO2/c1-21-10-2-3-11(21)7-9(6-10)15(22)13-5-4-12(8-14(13)17)23-16(18,19)20/h4-5,8-11H,2-3,6-7H2,1H3. The van der Waals surface area contributed by atoms with E-state index >= 15 is 0 Å². The van der Waals surface area contributed by atoms with Crippen LogP contribution in [0.25, 0.3) is 0 Å². The van der Waals surface area contributed by atoms with E-state index in [1.807, 2.05) is 7.05 Å². The molecule has 0 spiro atoms. The zero-order valence-corrected chi connectivity index (χ0v) is 12.6. The molecule has 0 amide bonds. The minimum Gasteiger partial charge on any atom is -0.406 e. The number of hydrogen-bond acceptors (Lipinski definition) is 3. The second kappa shape index (κ2) is 5.78. The lowest BCUT2D eigenvalue weighted by Crippen LogP contribution is -2.42. The van der Waals surface area contributed by atoms with Crippen molar-refractivity contribution in [1.29, 1.82) is 0 Å². The smallest absolute Gasteiger partial charge is 0.406 e. The van der Waals surface area contributed by atoms with E-state index in [2.05, 4.69) is 9.64 Å². The summed E-state index contributed by atoms with van der Waals surface area (Å²) in [5.41, 5.74) is -0.159. The van der Waals surface area contributed by atoms with Gasteiger partial charge in [0.15, 0.2) is 5.78 Å². The largest absolute Gasteiger partial charge is 0.573 e. The van der Waals surface area contributed by atoms with E-state index in [1.54, 1.807) is 0 Å². The summed E-state index contributed by atoms with van der Waals surface area (Å²) in [5, 5.41) is 0. The molecular weight excluding hydrogens is 314 g/mol. The number of halogens is 4. The van der Waals surface area contributed by atoms with Crippen LogP contribution in [-0.4, -0.2) is 36.2 Å². The highest BCUT2D eigenvalue weighted by Crippen LogP contribution is 2.39. The van der Waals surface area contributed by atoms with Crippen LogP contribution in [0, 0.1) is 11.7 Å². The predicted molar refractivity (Wildman–Crippen MR) is 74.7 cm³/mol. The van der Waals surface area contributed by atoms with Crippen LogP contribution in [0.4, 0.5) is 17.6 Å². The third kappa shape index (κ3) is 3.34. The fourth-order valence-electron chi connectivity index (χ4n) is 3.74. The summed E-state index contributed by atoms with van der Waals surface area (Å²) in [6.07, 6.45) is -1.47. The number of rotatable bonds is 3. The van der Waals surface area contributed by atoms with Crippen molar-refractivity contribution in [3.63, 3.8) is 0 Å². The van der Waals surface area contributed by atoms with Gasteiger partial charge in [0.25, 0.3) is 0 Å². The summed E-state index contributed by atoms with van der Waals surface area (Å²) in [4.78, 5) is 14.8. The first kappa shape index (κ1) is 16.2. The van der Waals surface area contributed by atoms with Gasteiger partial charge < -0.3 is 9.64 Å². The molecule has 0 radical (unpaired) electrons. The van der Waals surface area contributed by atoms with Crippen molar-refractivity contribution < 1.29 is 27.1 Å². The molecule has 2 atom stereocenters. The molecule has 1 aromatic rings. The highest BCUT2D eigenvalue weighted by Gasteiger charge is 2.41. The lowest BCUT2D eigenvalue weighted by Gasteiger charge is -2.35. The number of carbonyl (C=O) groups is 1. The van der Waals surface area contributed by atoms with Gasteiger partial charge in [0.1, 0.15) is 11.6 Å². The van der Waals surface area contributed by atoms with Crippen LogP contribution in [-0.2, 0) is 0 Å². The zero-order chi connectivity index (χ0) is 16.8. The van der Waals surface area contributed by atoms with E-state index in [-0.39, 0.29) is 17.3 Å². The molecule has 23 heavy (non-hydrogen) atoms. The first-order chi connectivity index (χ1) is 10.7. The minimum absolute atomic E-state index is 0.159. The van der Waals surface area contributed by atoms with Crippen molar-refractivity contribution in [3.05, 3.63) is 29.6 Å². The number of ketones is 1.